The lowest BCUT2D eigenvalue weighted by molar-refractivity contribution is -0.144. The molecule has 2 rings (SSSR count). The van der Waals surface area contributed by atoms with Gasteiger partial charge in [-0.05, 0) is 44.7 Å². The summed E-state index contributed by atoms with van der Waals surface area (Å²) in [4.78, 5) is 42.9. The lowest BCUT2D eigenvalue weighted by Gasteiger charge is -2.29. The molecule has 0 radical (unpaired) electrons. The second kappa shape index (κ2) is 11.9. The Kier molecular flexibility index (Phi) is 9.26. The Morgan fingerprint density at radius 1 is 1.23 bits per heavy atom. The summed E-state index contributed by atoms with van der Waals surface area (Å²) in [7, 11) is 1.72. The molecule has 10 heteroatoms. The van der Waals surface area contributed by atoms with Crippen LogP contribution in [0.1, 0.15) is 31.2 Å². The second-order valence-corrected chi connectivity index (χ2v) is 7.57. The zero-order valence-corrected chi connectivity index (χ0v) is 17.8. The number of nitrogens with two attached hydrogens (primary N) is 2. The number of amides is 2. The quantitative estimate of drug-likeness (QED) is 0.178. The van der Waals surface area contributed by atoms with Gasteiger partial charge >= 0.3 is 5.97 Å². The Morgan fingerprint density at radius 3 is 2.55 bits per heavy atom. The third kappa shape index (κ3) is 7.25. The molecular formula is C21H32N6O4. The largest absolute Gasteiger partial charge is 0.480 e. The molecule has 0 aliphatic carbocycles. The fourth-order valence-corrected chi connectivity index (χ4v) is 3.69. The fraction of sp³-hybridized carbons (Fsp3) is 0.524. The first-order valence-electron chi connectivity index (χ1n) is 10.4. The number of carbonyl (C=O) groups excluding carboxylic acids is 2. The topological polar surface area (TPSA) is 163 Å². The lowest BCUT2D eigenvalue weighted by atomic mass is 10.0. The molecule has 1 aliphatic rings. The number of guanidine groups is 1. The van der Waals surface area contributed by atoms with Gasteiger partial charge in [-0.1, -0.05) is 30.3 Å². The molecule has 2 amide bonds. The van der Waals surface area contributed by atoms with Crippen molar-refractivity contribution in [3.8, 4) is 0 Å². The molecule has 0 aromatic heterocycles. The van der Waals surface area contributed by atoms with Crippen LogP contribution in [-0.4, -0.2) is 72.0 Å². The zero-order valence-electron chi connectivity index (χ0n) is 17.8. The minimum Gasteiger partial charge on any atom is -0.480 e. The zero-order chi connectivity index (χ0) is 22.8. The van der Waals surface area contributed by atoms with Crippen molar-refractivity contribution in [1.29, 1.82) is 0 Å². The summed E-state index contributed by atoms with van der Waals surface area (Å²) in [5.41, 5.74) is 11.5. The van der Waals surface area contributed by atoms with Gasteiger partial charge in [0.1, 0.15) is 12.1 Å². The summed E-state index contributed by atoms with van der Waals surface area (Å²) < 4.78 is 0. The van der Waals surface area contributed by atoms with Crippen molar-refractivity contribution in [2.75, 3.05) is 20.1 Å². The molecule has 1 aliphatic heterocycles. The van der Waals surface area contributed by atoms with Crippen molar-refractivity contribution in [2.45, 2.75) is 50.2 Å². The molecule has 0 bridgehead atoms. The van der Waals surface area contributed by atoms with Crippen LogP contribution < -0.4 is 22.1 Å². The summed E-state index contributed by atoms with van der Waals surface area (Å²) in [5.74, 6) is -1.81. The van der Waals surface area contributed by atoms with Gasteiger partial charge in [0, 0.05) is 13.1 Å². The van der Waals surface area contributed by atoms with Crippen molar-refractivity contribution in [1.82, 2.24) is 15.5 Å². The molecule has 1 fully saturated rings. The van der Waals surface area contributed by atoms with Gasteiger partial charge in [-0.15, -0.1) is 0 Å². The van der Waals surface area contributed by atoms with E-state index in [1.165, 1.54) is 0 Å². The number of likely N-dealkylation sites (tertiary alicyclic amines) is 1. The molecule has 1 aromatic rings. The highest BCUT2D eigenvalue weighted by Crippen LogP contribution is 2.20. The number of likely N-dealkylation sites (N-methyl/N-ethyl adjacent to an activating group) is 1. The smallest absolute Gasteiger partial charge is 0.326 e. The number of carboxylic acid groups (broad SMARTS) is 1. The maximum absolute atomic E-state index is 13.1. The Hall–Kier alpha value is -3.14. The molecule has 31 heavy (non-hydrogen) atoms. The highest BCUT2D eigenvalue weighted by atomic mass is 16.4. The third-order valence-electron chi connectivity index (χ3n) is 5.33. The molecule has 1 heterocycles. The van der Waals surface area contributed by atoms with E-state index < -0.39 is 30.0 Å². The Labute approximate surface area is 182 Å². The van der Waals surface area contributed by atoms with E-state index in [0.29, 0.717) is 32.2 Å². The van der Waals surface area contributed by atoms with Gasteiger partial charge in [0.25, 0.3) is 0 Å². The Balaban J connectivity index is 1.99. The van der Waals surface area contributed by atoms with Crippen LogP contribution in [0.2, 0.25) is 0 Å². The van der Waals surface area contributed by atoms with Gasteiger partial charge in [-0.25, -0.2) is 4.79 Å². The van der Waals surface area contributed by atoms with Gasteiger partial charge < -0.3 is 32.1 Å². The predicted molar refractivity (Wildman–Crippen MR) is 117 cm³/mol. The first kappa shape index (κ1) is 24.1. The number of aliphatic carboxylic acids is 1. The number of carboxylic acids is 1. The van der Waals surface area contributed by atoms with E-state index >= 15 is 0 Å². The Bertz CT molecular complexity index is 781. The van der Waals surface area contributed by atoms with Crippen LogP contribution in [0.25, 0.3) is 0 Å². The molecule has 3 atom stereocenters. The molecule has 10 nitrogen and oxygen atoms in total. The SMILES string of the molecule is CN[C@H](Cc1ccccc1)C(=O)N1CCC[C@H]1C(=O)N[C@@H](CCCN=C(N)N)C(=O)O. The molecule has 1 saturated heterocycles. The van der Waals surface area contributed by atoms with Crippen molar-refractivity contribution in [3.63, 3.8) is 0 Å². The fourth-order valence-electron chi connectivity index (χ4n) is 3.69. The highest BCUT2D eigenvalue weighted by molar-refractivity contribution is 5.92. The van der Waals surface area contributed by atoms with Gasteiger partial charge in [-0.2, -0.15) is 0 Å². The van der Waals surface area contributed by atoms with Crippen molar-refractivity contribution < 1.29 is 19.5 Å². The van der Waals surface area contributed by atoms with Crippen LogP contribution in [0.5, 0.6) is 0 Å². The number of hydrogen-bond acceptors (Lipinski definition) is 5. The molecule has 0 saturated carbocycles. The summed E-state index contributed by atoms with van der Waals surface area (Å²) in [5, 5.41) is 15.1. The highest BCUT2D eigenvalue weighted by Gasteiger charge is 2.38. The third-order valence-corrected chi connectivity index (χ3v) is 5.33. The average molecular weight is 433 g/mol. The number of nitrogens with one attached hydrogen (secondary N) is 2. The van der Waals surface area contributed by atoms with Crippen LogP contribution in [0.3, 0.4) is 0 Å². The minimum absolute atomic E-state index is 0.0642. The average Bonchev–Trinajstić information content (AvgIpc) is 3.24. The number of nitrogens with zero attached hydrogens (tertiary/aromatic N) is 2. The molecule has 0 unspecified atom stereocenters. The molecule has 170 valence electrons. The van der Waals surface area contributed by atoms with Crippen LogP contribution >= 0.6 is 0 Å². The first-order chi connectivity index (χ1) is 14.8. The summed E-state index contributed by atoms with van der Waals surface area (Å²) in [6.07, 6.45) is 2.28. The van der Waals surface area contributed by atoms with E-state index in [9.17, 15) is 19.5 Å². The van der Waals surface area contributed by atoms with Gasteiger partial charge in [0.05, 0.1) is 6.04 Å². The lowest BCUT2D eigenvalue weighted by Crippen LogP contribution is -2.54. The van der Waals surface area contributed by atoms with Crippen LogP contribution in [-0.2, 0) is 20.8 Å². The standard InChI is InChI=1S/C21H32N6O4/c1-24-16(13-14-7-3-2-4-8-14)19(29)27-12-6-10-17(27)18(28)26-15(20(30)31)9-5-11-25-21(22)23/h2-4,7-8,15-17,24H,5-6,9-13H2,1H3,(H,26,28)(H,30,31)(H4,22,23,25)/t15-,16+,17-/m0/s1. The van der Waals surface area contributed by atoms with E-state index in [-0.39, 0.29) is 24.8 Å². The number of rotatable bonds is 11. The van der Waals surface area contributed by atoms with E-state index in [1.807, 2.05) is 30.3 Å². The summed E-state index contributed by atoms with van der Waals surface area (Å²) in [6, 6.07) is 7.43. The summed E-state index contributed by atoms with van der Waals surface area (Å²) in [6.45, 7) is 0.742. The molecular weight excluding hydrogens is 400 g/mol. The molecule has 1 aromatic carbocycles. The number of aliphatic imine (C=N–C) groups is 1. The van der Waals surface area contributed by atoms with Crippen LogP contribution in [0.4, 0.5) is 0 Å². The normalized spacial score (nSPS) is 17.6. The first-order valence-corrected chi connectivity index (χ1v) is 10.4. The number of hydrogen-bond donors (Lipinski definition) is 5. The number of benzene rings is 1. The monoisotopic (exact) mass is 432 g/mol. The van der Waals surface area contributed by atoms with Crippen molar-refractivity contribution in [2.24, 2.45) is 16.5 Å². The van der Waals surface area contributed by atoms with Gasteiger partial charge in [0.15, 0.2) is 5.96 Å². The molecule has 7 N–H and O–H groups in total. The van der Waals surface area contributed by atoms with Crippen LogP contribution in [0.15, 0.2) is 35.3 Å². The van der Waals surface area contributed by atoms with Gasteiger partial charge in [0.2, 0.25) is 11.8 Å². The maximum atomic E-state index is 13.1. The number of carbonyl (C=O) groups is 3. The van der Waals surface area contributed by atoms with Crippen molar-refractivity contribution >= 4 is 23.7 Å². The summed E-state index contributed by atoms with van der Waals surface area (Å²) >= 11 is 0. The minimum atomic E-state index is -1.13. The van der Waals surface area contributed by atoms with Gasteiger partial charge in [-0.3, -0.25) is 14.6 Å². The predicted octanol–water partition coefficient (Wildman–Crippen LogP) is -0.569. The second-order valence-electron chi connectivity index (χ2n) is 7.57. The van der Waals surface area contributed by atoms with Crippen molar-refractivity contribution in [3.05, 3.63) is 35.9 Å². The van der Waals surface area contributed by atoms with E-state index in [2.05, 4.69) is 15.6 Å². The molecule has 0 spiro atoms. The maximum Gasteiger partial charge on any atom is 0.326 e. The van der Waals surface area contributed by atoms with Crippen LogP contribution in [0, 0.1) is 0 Å². The van der Waals surface area contributed by atoms with E-state index in [4.69, 9.17) is 11.5 Å². The van der Waals surface area contributed by atoms with E-state index in [0.717, 1.165) is 5.56 Å². The van der Waals surface area contributed by atoms with E-state index in [1.54, 1.807) is 11.9 Å². The Morgan fingerprint density at radius 2 is 1.94 bits per heavy atom.